The highest BCUT2D eigenvalue weighted by atomic mass is 16.5. The van der Waals surface area contributed by atoms with Crippen LogP contribution in [0.4, 0.5) is 0 Å². The number of rotatable bonds is 7. The molecule has 1 atom stereocenters. The molecule has 0 rings (SSSR count). The fraction of sp³-hybridized carbons (Fsp3) is 0.833. The molecule has 6 nitrogen and oxygen atoms in total. The average Bonchev–Trinajstić information content (AvgIpc) is 2.34. The highest BCUT2D eigenvalue weighted by molar-refractivity contribution is 5.86. The SMILES string of the molecule is CN=C(NCC(=O)NCCOC)NC(C)C(C)C. The Morgan fingerprint density at radius 2 is 1.94 bits per heavy atom. The number of amides is 1. The third kappa shape index (κ3) is 7.89. The summed E-state index contributed by atoms with van der Waals surface area (Å²) in [5.74, 6) is 1.06. The maximum absolute atomic E-state index is 11.4. The number of aliphatic imine (C=N–C) groups is 1. The number of hydrogen-bond donors (Lipinski definition) is 3. The van der Waals surface area contributed by atoms with Gasteiger partial charge in [-0.1, -0.05) is 13.8 Å². The van der Waals surface area contributed by atoms with Gasteiger partial charge in [0.15, 0.2) is 5.96 Å². The molecule has 0 saturated heterocycles. The number of ether oxygens (including phenoxy) is 1. The molecule has 0 aliphatic carbocycles. The Labute approximate surface area is 110 Å². The van der Waals surface area contributed by atoms with Gasteiger partial charge in [-0.2, -0.15) is 0 Å². The zero-order chi connectivity index (χ0) is 14.0. The maximum Gasteiger partial charge on any atom is 0.239 e. The topological polar surface area (TPSA) is 74.8 Å². The van der Waals surface area contributed by atoms with Crippen molar-refractivity contribution in [3.63, 3.8) is 0 Å². The number of guanidine groups is 1. The van der Waals surface area contributed by atoms with Crippen molar-refractivity contribution in [1.29, 1.82) is 0 Å². The standard InChI is InChI=1S/C12H26N4O2/c1-9(2)10(3)16-12(13-4)15-8-11(17)14-6-7-18-5/h9-10H,6-8H2,1-5H3,(H,14,17)(H2,13,15,16). The first-order chi connectivity index (χ1) is 8.51. The van der Waals surface area contributed by atoms with Gasteiger partial charge in [-0.25, -0.2) is 0 Å². The van der Waals surface area contributed by atoms with E-state index >= 15 is 0 Å². The number of methoxy groups -OCH3 is 1. The molecule has 0 aromatic rings. The average molecular weight is 258 g/mol. The van der Waals surface area contributed by atoms with Gasteiger partial charge in [0.05, 0.1) is 13.2 Å². The van der Waals surface area contributed by atoms with Gasteiger partial charge >= 0.3 is 0 Å². The van der Waals surface area contributed by atoms with Crippen molar-refractivity contribution >= 4 is 11.9 Å². The molecule has 0 bridgehead atoms. The van der Waals surface area contributed by atoms with E-state index in [0.29, 0.717) is 31.1 Å². The fourth-order valence-electron chi connectivity index (χ4n) is 1.10. The molecule has 0 heterocycles. The van der Waals surface area contributed by atoms with Crippen LogP contribution in [-0.2, 0) is 9.53 Å². The summed E-state index contributed by atoms with van der Waals surface area (Å²) in [6.45, 7) is 7.57. The summed E-state index contributed by atoms with van der Waals surface area (Å²) in [6, 6.07) is 0.299. The second-order valence-corrected chi connectivity index (χ2v) is 4.45. The molecule has 0 fully saturated rings. The van der Waals surface area contributed by atoms with E-state index in [4.69, 9.17) is 4.74 Å². The lowest BCUT2D eigenvalue weighted by atomic mass is 10.1. The lowest BCUT2D eigenvalue weighted by molar-refractivity contribution is -0.120. The lowest BCUT2D eigenvalue weighted by Crippen LogP contribution is -2.47. The number of nitrogens with zero attached hydrogens (tertiary/aromatic N) is 1. The second-order valence-electron chi connectivity index (χ2n) is 4.45. The Bertz CT molecular complexity index is 267. The first-order valence-corrected chi connectivity index (χ1v) is 6.24. The Balaban J connectivity index is 3.90. The van der Waals surface area contributed by atoms with Gasteiger partial charge in [-0.15, -0.1) is 0 Å². The third-order valence-corrected chi connectivity index (χ3v) is 2.63. The van der Waals surface area contributed by atoms with Gasteiger partial charge in [0.1, 0.15) is 0 Å². The molecule has 0 aromatic carbocycles. The van der Waals surface area contributed by atoms with Crippen LogP contribution in [0.2, 0.25) is 0 Å². The second kappa shape index (κ2) is 9.70. The minimum atomic E-state index is -0.0767. The van der Waals surface area contributed by atoms with Crippen LogP contribution in [-0.4, -0.2) is 51.8 Å². The minimum Gasteiger partial charge on any atom is -0.383 e. The molecule has 0 radical (unpaired) electrons. The maximum atomic E-state index is 11.4. The largest absolute Gasteiger partial charge is 0.383 e. The van der Waals surface area contributed by atoms with E-state index in [2.05, 4.69) is 41.7 Å². The van der Waals surface area contributed by atoms with E-state index in [-0.39, 0.29) is 12.5 Å². The van der Waals surface area contributed by atoms with Crippen LogP contribution in [0, 0.1) is 5.92 Å². The Morgan fingerprint density at radius 1 is 1.28 bits per heavy atom. The number of hydrogen-bond acceptors (Lipinski definition) is 3. The van der Waals surface area contributed by atoms with Crippen LogP contribution in [0.1, 0.15) is 20.8 Å². The third-order valence-electron chi connectivity index (χ3n) is 2.63. The molecule has 6 heteroatoms. The van der Waals surface area contributed by atoms with E-state index in [0.717, 1.165) is 0 Å². The summed E-state index contributed by atoms with van der Waals surface area (Å²) in [5, 5.41) is 8.92. The van der Waals surface area contributed by atoms with Gasteiger partial charge in [0.25, 0.3) is 0 Å². The number of nitrogens with one attached hydrogen (secondary N) is 3. The number of carbonyl (C=O) groups is 1. The molecule has 0 aliphatic rings. The van der Waals surface area contributed by atoms with Gasteiger partial charge in [0, 0.05) is 26.7 Å². The molecule has 18 heavy (non-hydrogen) atoms. The Morgan fingerprint density at radius 3 is 2.44 bits per heavy atom. The van der Waals surface area contributed by atoms with E-state index in [1.165, 1.54) is 0 Å². The van der Waals surface area contributed by atoms with Gasteiger partial charge in [-0.3, -0.25) is 9.79 Å². The monoisotopic (exact) mass is 258 g/mol. The zero-order valence-electron chi connectivity index (χ0n) is 12.0. The van der Waals surface area contributed by atoms with Gasteiger partial charge in [-0.05, 0) is 12.8 Å². The highest BCUT2D eigenvalue weighted by Crippen LogP contribution is 1.98. The van der Waals surface area contributed by atoms with Crippen LogP contribution in [0.15, 0.2) is 4.99 Å². The van der Waals surface area contributed by atoms with Crippen LogP contribution in [0.25, 0.3) is 0 Å². The summed E-state index contributed by atoms with van der Waals surface area (Å²) in [6.07, 6.45) is 0. The molecule has 106 valence electrons. The molecular weight excluding hydrogens is 232 g/mol. The predicted molar refractivity (Wildman–Crippen MR) is 73.7 cm³/mol. The van der Waals surface area contributed by atoms with Crippen LogP contribution < -0.4 is 16.0 Å². The number of carbonyl (C=O) groups excluding carboxylic acids is 1. The first kappa shape index (κ1) is 16.7. The van der Waals surface area contributed by atoms with Crippen molar-refractivity contribution in [2.75, 3.05) is 33.9 Å². The van der Waals surface area contributed by atoms with Gasteiger partial charge in [0.2, 0.25) is 5.91 Å². The molecule has 0 aliphatic heterocycles. The van der Waals surface area contributed by atoms with Crippen molar-refractivity contribution in [2.24, 2.45) is 10.9 Å². The van der Waals surface area contributed by atoms with Crippen molar-refractivity contribution < 1.29 is 9.53 Å². The molecule has 0 aromatic heterocycles. The summed E-state index contributed by atoms with van der Waals surface area (Å²) in [5.41, 5.74) is 0. The smallest absolute Gasteiger partial charge is 0.239 e. The molecular formula is C12H26N4O2. The quantitative estimate of drug-likeness (QED) is 0.340. The molecule has 0 saturated carbocycles. The van der Waals surface area contributed by atoms with Crippen LogP contribution in [0.3, 0.4) is 0 Å². The molecule has 1 unspecified atom stereocenters. The summed E-state index contributed by atoms with van der Waals surface area (Å²) < 4.78 is 4.85. The van der Waals surface area contributed by atoms with Crippen LogP contribution >= 0.6 is 0 Å². The Hall–Kier alpha value is -1.30. The van der Waals surface area contributed by atoms with Crippen molar-refractivity contribution in [2.45, 2.75) is 26.8 Å². The summed E-state index contributed by atoms with van der Waals surface area (Å²) in [4.78, 5) is 15.5. The Kier molecular flexibility index (Phi) is 9.00. The van der Waals surface area contributed by atoms with Gasteiger partial charge < -0.3 is 20.7 Å². The van der Waals surface area contributed by atoms with Crippen molar-refractivity contribution in [3.8, 4) is 0 Å². The van der Waals surface area contributed by atoms with E-state index in [1.807, 2.05) is 0 Å². The van der Waals surface area contributed by atoms with E-state index in [1.54, 1.807) is 14.2 Å². The van der Waals surface area contributed by atoms with Crippen molar-refractivity contribution in [1.82, 2.24) is 16.0 Å². The fourth-order valence-corrected chi connectivity index (χ4v) is 1.10. The molecule has 0 spiro atoms. The zero-order valence-corrected chi connectivity index (χ0v) is 12.0. The molecule has 3 N–H and O–H groups in total. The van der Waals surface area contributed by atoms with E-state index < -0.39 is 0 Å². The highest BCUT2D eigenvalue weighted by Gasteiger charge is 2.09. The van der Waals surface area contributed by atoms with Crippen molar-refractivity contribution in [3.05, 3.63) is 0 Å². The normalized spacial score (nSPS) is 13.3. The predicted octanol–water partition coefficient (Wildman–Crippen LogP) is -0.0415. The summed E-state index contributed by atoms with van der Waals surface area (Å²) in [7, 11) is 3.29. The van der Waals surface area contributed by atoms with Crippen LogP contribution in [0.5, 0.6) is 0 Å². The van der Waals surface area contributed by atoms with E-state index in [9.17, 15) is 4.79 Å². The first-order valence-electron chi connectivity index (χ1n) is 6.24. The lowest BCUT2D eigenvalue weighted by Gasteiger charge is -2.20. The summed E-state index contributed by atoms with van der Waals surface area (Å²) >= 11 is 0. The molecule has 1 amide bonds. The minimum absolute atomic E-state index is 0.0767.